The number of nitrogens with one attached hydrogen (secondary N) is 1. The van der Waals surface area contributed by atoms with E-state index in [2.05, 4.69) is 29.2 Å². The van der Waals surface area contributed by atoms with Crippen molar-refractivity contribution in [3.8, 4) is 11.3 Å². The fraction of sp³-hybridized carbons (Fsp3) is 0.250. The molecule has 4 nitrogen and oxygen atoms in total. The van der Waals surface area contributed by atoms with Gasteiger partial charge in [0, 0.05) is 40.2 Å². The summed E-state index contributed by atoms with van der Waals surface area (Å²) in [6, 6.07) is 24.0. The zero-order chi connectivity index (χ0) is 22.9. The minimum Gasteiger partial charge on any atom is -0.379 e. The van der Waals surface area contributed by atoms with E-state index >= 15 is 0 Å². The van der Waals surface area contributed by atoms with Crippen molar-refractivity contribution < 1.29 is 9.53 Å². The number of aromatic amines is 1. The molecule has 0 bridgehead atoms. The Bertz CT molecular complexity index is 1290. The average Bonchev–Trinajstić information content (AvgIpc) is 3.32. The molecule has 1 aromatic heterocycles. The maximum absolute atomic E-state index is 13.5. The number of fused-ring (bicyclic) bond motifs is 2. The van der Waals surface area contributed by atoms with Crippen LogP contribution in [0.5, 0.6) is 0 Å². The summed E-state index contributed by atoms with van der Waals surface area (Å²) >= 11 is 6.17. The van der Waals surface area contributed by atoms with Crippen molar-refractivity contribution >= 4 is 28.4 Å². The third kappa shape index (κ3) is 4.05. The molecule has 0 saturated heterocycles. The van der Waals surface area contributed by atoms with E-state index in [4.69, 9.17) is 16.3 Å². The molecule has 1 aliphatic heterocycles. The zero-order valence-corrected chi connectivity index (χ0v) is 19.6. The Balaban J connectivity index is 1.65. The molecule has 0 saturated carbocycles. The number of para-hydroxylation sites is 1. The monoisotopic (exact) mass is 458 g/mol. The van der Waals surface area contributed by atoms with Crippen LogP contribution in [0.2, 0.25) is 5.02 Å². The second-order valence-electron chi connectivity index (χ2n) is 8.73. The predicted molar refractivity (Wildman–Crippen MR) is 134 cm³/mol. The molecule has 2 heterocycles. The van der Waals surface area contributed by atoms with Crippen molar-refractivity contribution in [2.75, 3.05) is 13.2 Å². The Morgan fingerprint density at radius 1 is 1.00 bits per heavy atom. The van der Waals surface area contributed by atoms with Crippen LogP contribution < -0.4 is 0 Å². The predicted octanol–water partition coefficient (Wildman–Crippen LogP) is 6.85. The van der Waals surface area contributed by atoms with Crippen LogP contribution in [0.1, 0.15) is 47.8 Å². The van der Waals surface area contributed by atoms with Crippen LogP contribution in [0.4, 0.5) is 0 Å². The lowest BCUT2D eigenvalue weighted by Crippen LogP contribution is -2.30. The first kappa shape index (κ1) is 21.7. The number of benzene rings is 3. The van der Waals surface area contributed by atoms with Gasteiger partial charge in [0.2, 0.25) is 0 Å². The van der Waals surface area contributed by atoms with Gasteiger partial charge in [-0.25, -0.2) is 0 Å². The summed E-state index contributed by atoms with van der Waals surface area (Å²) in [5, 5.41) is 1.82. The molecule has 0 spiro atoms. The van der Waals surface area contributed by atoms with Gasteiger partial charge in [-0.05, 0) is 55.7 Å². The first-order valence-corrected chi connectivity index (χ1v) is 11.8. The number of H-pyrrole nitrogens is 1. The van der Waals surface area contributed by atoms with E-state index in [-0.39, 0.29) is 18.1 Å². The highest BCUT2D eigenvalue weighted by molar-refractivity contribution is 6.30. The SMILES string of the molecule is CC(C)OCCCN1C(=O)c2ccccc2[C@H]1c1c(-c2ccc(Cl)cc2)[nH]c2ccccc12. The third-order valence-corrected chi connectivity index (χ3v) is 6.46. The number of carbonyl (C=O) groups excluding carboxylic acids is 1. The number of hydrogen-bond donors (Lipinski definition) is 1. The van der Waals surface area contributed by atoms with Gasteiger partial charge in [-0.2, -0.15) is 0 Å². The summed E-state index contributed by atoms with van der Waals surface area (Å²) in [6.45, 7) is 5.32. The minimum atomic E-state index is -0.172. The Hall–Kier alpha value is -3.08. The lowest BCUT2D eigenvalue weighted by Gasteiger charge is -2.27. The molecule has 1 N–H and O–H groups in total. The maximum Gasteiger partial charge on any atom is 0.255 e. The van der Waals surface area contributed by atoms with Crippen molar-refractivity contribution in [3.05, 3.63) is 94.5 Å². The molecular weight excluding hydrogens is 432 g/mol. The maximum atomic E-state index is 13.5. The molecule has 5 rings (SSSR count). The Labute approximate surface area is 199 Å². The molecule has 0 aliphatic carbocycles. The summed E-state index contributed by atoms with van der Waals surface area (Å²) in [5.74, 6) is 0.0764. The van der Waals surface area contributed by atoms with Gasteiger partial charge in [0.15, 0.2) is 0 Å². The summed E-state index contributed by atoms with van der Waals surface area (Å²) in [5.41, 5.74) is 6.07. The Morgan fingerprint density at radius 3 is 2.52 bits per heavy atom. The number of amides is 1. The van der Waals surface area contributed by atoms with Crippen LogP contribution in [0, 0.1) is 0 Å². The molecule has 1 aliphatic rings. The fourth-order valence-corrected chi connectivity index (χ4v) is 4.88. The summed E-state index contributed by atoms with van der Waals surface area (Å²) < 4.78 is 5.76. The molecular formula is C28H27ClN2O2. The van der Waals surface area contributed by atoms with Gasteiger partial charge in [-0.15, -0.1) is 0 Å². The van der Waals surface area contributed by atoms with Crippen LogP contribution >= 0.6 is 11.6 Å². The number of hydrogen-bond acceptors (Lipinski definition) is 2. The van der Waals surface area contributed by atoms with E-state index in [0.29, 0.717) is 18.2 Å². The van der Waals surface area contributed by atoms with Crippen molar-refractivity contribution in [2.24, 2.45) is 0 Å². The molecule has 0 fully saturated rings. The number of carbonyl (C=O) groups is 1. The number of ether oxygens (including phenoxy) is 1. The summed E-state index contributed by atoms with van der Waals surface area (Å²) in [6.07, 6.45) is 0.963. The van der Waals surface area contributed by atoms with Crippen molar-refractivity contribution in [1.82, 2.24) is 9.88 Å². The number of rotatable bonds is 7. The lowest BCUT2D eigenvalue weighted by atomic mass is 9.93. The van der Waals surface area contributed by atoms with E-state index in [9.17, 15) is 4.79 Å². The van der Waals surface area contributed by atoms with Crippen LogP contribution in [0.3, 0.4) is 0 Å². The van der Waals surface area contributed by atoms with Crippen molar-refractivity contribution in [1.29, 1.82) is 0 Å². The van der Waals surface area contributed by atoms with Gasteiger partial charge >= 0.3 is 0 Å². The van der Waals surface area contributed by atoms with E-state index in [1.165, 1.54) is 0 Å². The van der Waals surface area contributed by atoms with Crippen LogP contribution in [-0.2, 0) is 4.74 Å². The van der Waals surface area contributed by atoms with Crippen LogP contribution in [0.25, 0.3) is 22.2 Å². The highest BCUT2D eigenvalue weighted by Gasteiger charge is 2.39. The highest BCUT2D eigenvalue weighted by atomic mass is 35.5. The number of halogens is 1. The molecule has 0 radical (unpaired) electrons. The molecule has 3 aromatic carbocycles. The van der Waals surface area contributed by atoms with Gasteiger partial charge in [0.25, 0.3) is 5.91 Å². The molecule has 5 heteroatoms. The molecule has 0 unspecified atom stereocenters. The number of aromatic nitrogens is 1. The average molecular weight is 459 g/mol. The molecule has 1 atom stereocenters. The van der Waals surface area contributed by atoms with Crippen LogP contribution in [-0.4, -0.2) is 35.0 Å². The van der Waals surface area contributed by atoms with Crippen LogP contribution in [0.15, 0.2) is 72.8 Å². The zero-order valence-electron chi connectivity index (χ0n) is 18.8. The second-order valence-corrected chi connectivity index (χ2v) is 9.16. The fourth-order valence-electron chi connectivity index (χ4n) is 4.76. The molecule has 33 heavy (non-hydrogen) atoms. The normalized spacial score (nSPS) is 15.6. The summed E-state index contributed by atoms with van der Waals surface area (Å²) in [7, 11) is 0. The smallest absolute Gasteiger partial charge is 0.255 e. The first-order valence-electron chi connectivity index (χ1n) is 11.4. The van der Waals surface area contributed by atoms with Crippen molar-refractivity contribution in [2.45, 2.75) is 32.4 Å². The second kappa shape index (κ2) is 9.05. The third-order valence-electron chi connectivity index (χ3n) is 6.21. The number of nitrogens with zero attached hydrogens (tertiary/aromatic N) is 1. The summed E-state index contributed by atoms with van der Waals surface area (Å²) in [4.78, 5) is 19.1. The topological polar surface area (TPSA) is 45.3 Å². The molecule has 1 amide bonds. The standard InChI is InChI=1S/C28H27ClN2O2/c1-18(2)33-17-7-16-31-27(21-8-3-4-9-22(21)28(31)32)25-23-10-5-6-11-24(23)30-26(25)19-12-14-20(29)15-13-19/h3-6,8-15,18,27,30H,7,16-17H2,1-2H3/t27-/m0/s1. The van der Waals surface area contributed by atoms with Gasteiger partial charge in [0.05, 0.1) is 17.8 Å². The van der Waals surface area contributed by atoms with Gasteiger partial charge in [0.1, 0.15) is 0 Å². The molecule has 4 aromatic rings. The highest BCUT2D eigenvalue weighted by Crippen LogP contribution is 2.45. The van der Waals surface area contributed by atoms with E-state index < -0.39 is 0 Å². The van der Waals surface area contributed by atoms with Gasteiger partial charge < -0.3 is 14.6 Å². The minimum absolute atomic E-state index is 0.0764. The quantitative estimate of drug-likeness (QED) is 0.308. The molecule has 168 valence electrons. The van der Waals surface area contributed by atoms with E-state index in [1.54, 1.807) is 0 Å². The lowest BCUT2D eigenvalue weighted by molar-refractivity contribution is 0.0605. The van der Waals surface area contributed by atoms with E-state index in [1.807, 2.05) is 67.3 Å². The largest absolute Gasteiger partial charge is 0.379 e. The van der Waals surface area contributed by atoms with E-state index in [0.717, 1.165) is 45.3 Å². The van der Waals surface area contributed by atoms with Crippen molar-refractivity contribution in [3.63, 3.8) is 0 Å². The Kier molecular flexibility index (Phi) is 5.96. The first-order chi connectivity index (χ1) is 16.0. The van der Waals surface area contributed by atoms with Gasteiger partial charge in [-0.3, -0.25) is 4.79 Å². The van der Waals surface area contributed by atoms with Gasteiger partial charge in [-0.1, -0.05) is 60.1 Å². The Morgan fingerprint density at radius 2 is 1.73 bits per heavy atom.